The van der Waals surface area contributed by atoms with Crippen LogP contribution >= 0.6 is 0 Å². The molecule has 1 aliphatic heterocycles. The summed E-state index contributed by atoms with van der Waals surface area (Å²) >= 11 is -3.45. The maximum absolute atomic E-state index is 13.8. The predicted octanol–water partition coefficient (Wildman–Crippen LogP) is -3.07. The van der Waals surface area contributed by atoms with Gasteiger partial charge in [-0.15, -0.1) is 0 Å². The van der Waals surface area contributed by atoms with Crippen molar-refractivity contribution in [2.75, 3.05) is 0 Å². The molecule has 148 valence electrons. The van der Waals surface area contributed by atoms with E-state index in [1.165, 1.54) is 12.1 Å². The number of rotatable bonds is 4. The molecule has 1 aliphatic carbocycles. The van der Waals surface area contributed by atoms with Gasteiger partial charge < -0.3 is 24.8 Å². The summed E-state index contributed by atoms with van der Waals surface area (Å²) in [5.74, 6) is -0.158. The van der Waals surface area contributed by atoms with Crippen molar-refractivity contribution in [2.24, 2.45) is 5.92 Å². The summed E-state index contributed by atoms with van der Waals surface area (Å²) < 4.78 is 46.2. The van der Waals surface area contributed by atoms with Crippen LogP contribution in [-0.4, -0.2) is 8.42 Å². The molecule has 0 amide bonds. The number of hydrogen-bond donors (Lipinski definition) is 1. The third-order valence-corrected chi connectivity index (χ3v) is 15.5. The average Bonchev–Trinajstić information content (AvgIpc) is 3.03. The summed E-state index contributed by atoms with van der Waals surface area (Å²) in [6.45, 7) is 6.01. The van der Waals surface area contributed by atoms with Crippen molar-refractivity contribution in [3.63, 3.8) is 0 Å². The van der Waals surface area contributed by atoms with E-state index in [1.54, 1.807) is 30.3 Å². The van der Waals surface area contributed by atoms with Crippen LogP contribution in [0.3, 0.4) is 0 Å². The molecule has 0 bridgehead atoms. The third kappa shape index (κ3) is 3.65. The first kappa shape index (κ1) is 23.3. The summed E-state index contributed by atoms with van der Waals surface area (Å²) in [4.78, 5) is 0.253. The van der Waals surface area contributed by atoms with E-state index in [9.17, 15) is 12.8 Å². The quantitative estimate of drug-likeness (QED) is 0.477. The monoisotopic (exact) mass is 475 g/mol. The zero-order chi connectivity index (χ0) is 18.7. The number of hydrogen-bond acceptors (Lipinski definition) is 2. The first-order chi connectivity index (χ1) is 12.3. The molecule has 0 saturated carbocycles. The van der Waals surface area contributed by atoms with E-state index in [-0.39, 0.29) is 41.4 Å². The van der Waals surface area contributed by atoms with Gasteiger partial charge in [-0.05, 0) is 0 Å². The Morgan fingerprint density at radius 1 is 1.00 bits per heavy atom. The molecular formula is C20H20Cl2FNO2STi. The van der Waals surface area contributed by atoms with Gasteiger partial charge in [-0.3, -0.25) is 0 Å². The van der Waals surface area contributed by atoms with Gasteiger partial charge in [0.15, 0.2) is 0 Å². The molecule has 0 spiro atoms. The molecule has 2 aliphatic rings. The van der Waals surface area contributed by atoms with Gasteiger partial charge in [0.25, 0.3) is 0 Å². The normalized spacial score (nSPS) is 20.1. The first-order valence-corrected chi connectivity index (χ1v) is 13.2. The minimum absolute atomic E-state index is 0. The van der Waals surface area contributed by atoms with Gasteiger partial charge in [0.05, 0.1) is 0 Å². The molecule has 2 unspecified atom stereocenters. The summed E-state index contributed by atoms with van der Waals surface area (Å²) in [6.07, 6.45) is 4.13. The fourth-order valence-corrected chi connectivity index (χ4v) is 15.6. The molecule has 4 rings (SSSR count). The van der Waals surface area contributed by atoms with Crippen molar-refractivity contribution < 1.29 is 54.5 Å². The molecule has 8 heteroatoms. The Kier molecular flexibility index (Phi) is 6.71. The Bertz CT molecular complexity index is 1080. The maximum atomic E-state index is 13.8. The Labute approximate surface area is 181 Å². The molecular weight excluding hydrogens is 456 g/mol. The molecule has 0 radical (unpaired) electrons. The van der Waals surface area contributed by atoms with Crippen LogP contribution < -0.4 is 35.8 Å². The Hall–Kier alpha value is -0.946. The molecule has 0 aromatic heterocycles. The van der Waals surface area contributed by atoms with Gasteiger partial charge in [-0.25, -0.2) is 0 Å². The van der Waals surface area contributed by atoms with Gasteiger partial charge in [0.1, 0.15) is 0 Å². The molecule has 1 heterocycles. The largest absolute Gasteiger partial charge is 1.00 e. The molecule has 28 heavy (non-hydrogen) atoms. The van der Waals surface area contributed by atoms with Crippen LogP contribution in [0.5, 0.6) is 0 Å². The number of sulfonamides is 1. The zero-order valence-corrected chi connectivity index (χ0v) is 19.5. The van der Waals surface area contributed by atoms with Crippen molar-refractivity contribution in [3.05, 3.63) is 75.4 Å². The molecule has 0 fully saturated rings. The van der Waals surface area contributed by atoms with Crippen LogP contribution in [0, 0.1) is 18.7 Å². The van der Waals surface area contributed by atoms with E-state index >= 15 is 0 Å². The Morgan fingerprint density at radius 3 is 2.18 bits per heavy atom. The van der Waals surface area contributed by atoms with E-state index in [0.29, 0.717) is 0 Å². The van der Waals surface area contributed by atoms with Crippen LogP contribution in [-0.2, 0) is 26.9 Å². The Morgan fingerprint density at radius 2 is 1.64 bits per heavy atom. The van der Waals surface area contributed by atoms with Crippen LogP contribution in [0.4, 0.5) is 4.39 Å². The van der Waals surface area contributed by atoms with Crippen LogP contribution in [0.25, 0.3) is 0 Å². The maximum Gasteiger partial charge on any atom is -1.00 e. The van der Waals surface area contributed by atoms with Crippen molar-refractivity contribution in [3.8, 4) is 0 Å². The smallest absolute Gasteiger partial charge is 1.00 e. The van der Waals surface area contributed by atoms with E-state index in [1.807, 2.05) is 19.9 Å². The predicted molar refractivity (Wildman–Crippen MR) is 98.2 cm³/mol. The molecule has 0 saturated heterocycles. The van der Waals surface area contributed by atoms with E-state index in [0.717, 1.165) is 22.8 Å². The van der Waals surface area contributed by atoms with Crippen molar-refractivity contribution >= 4 is 17.8 Å². The number of allylic oxidation sites excluding steroid dienone is 4. The summed E-state index contributed by atoms with van der Waals surface area (Å²) in [7, 11) is -3.69. The van der Waals surface area contributed by atoms with Crippen LogP contribution in [0.15, 0.2) is 69.0 Å². The second-order valence-electron chi connectivity index (χ2n) is 7.10. The minimum Gasteiger partial charge on any atom is -1.00 e. The second kappa shape index (κ2) is 8.06. The molecule has 2 atom stereocenters. The molecule has 3 nitrogen and oxygen atoms in total. The molecule has 2 aromatic rings. The number of benzene rings is 2. The van der Waals surface area contributed by atoms with E-state index < -0.39 is 26.9 Å². The summed E-state index contributed by atoms with van der Waals surface area (Å²) in [5, 5.41) is 0. The number of fused-ring (bicyclic) bond motifs is 1. The third-order valence-electron chi connectivity index (χ3n) is 5.26. The zero-order valence-electron chi connectivity index (χ0n) is 15.6. The topological polar surface area (TPSA) is 46.2 Å². The minimum atomic E-state index is -3.69. The second-order valence-corrected chi connectivity index (χ2v) is 14.6. The van der Waals surface area contributed by atoms with Gasteiger partial charge >= 0.3 is 158 Å². The molecule has 2 aromatic carbocycles. The van der Waals surface area contributed by atoms with Gasteiger partial charge in [-0.2, -0.15) is 0 Å². The van der Waals surface area contributed by atoms with Gasteiger partial charge in [0.2, 0.25) is 0 Å². The van der Waals surface area contributed by atoms with Crippen LogP contribution in [0.1, 0.15) is 19.4 Å². The first-order valence-electron chi connectivity index (χ1n) is 8.56. The van der Waals surface area contributed by atoms with Crippen molar-refractivity contribution in [2.45, 2.75) is 25.7 Å². The van der Waals surface area contributed by atoms with E-state index in [4.69, 9.17) is 0 Å². The number of aryl methyl sites for hydroxylation is 1. The molecule has 1 N–H and O–H groups in total. The summed E-state index contributed by atoms with van der Waals surface area (Å²) in [5.41, 5.74) is 2.10. The fourth-order valence-electron chi connectivity index (χ4n) is 3.97. The van der Waals surface area contributed by atoms with Crippen molar-refractivity contribution in [1.82, 2.24) is 3.20 Å². The van der Waals surface area contributed by atoms with Crippen molar-refractivity contribution in [1.29, 1.82) is 0 Å². The van der Waals surface area contributed by atoms with E-state index in [2.05, 4.69) is 16.2 Å². The average molecular weight is 476 g/mol. The van der Waals surface area contributed by atoms with Crippen LogP contribution in [0.2, 0.25) is 0 Å². The van der Waals surface area contributed by atoms with Gasteiger partial charge in [-0.1, -0.05) is 0 Å². The summed E-state index contributed by atoms with van der Waals surface area (Å²) in [6, 6.07) is 11.5. The fraction of sp³-hybridized carbons (Fsp3) is 0.200. The SMILES string of the molecule is CC1=[C]([Ti+2]2([NH]S(=O)(=O)c3ccc(C)cc3)[c]3ccc(F)c[c]32)C(C)C=C1.[Cl-].[Cl-]. The van der Waals surface area contributed by atoms with Gasteiger partial charge in [0, 0.05) is 0 Å². The Balaban J connectivity index is 0.00000140. The standard InChI is InChI=1S/C7H8NO2S.C7H9.C6H3F.2ClH.Ti/c1-6-2-4-7(5-3-6)11(8,9)10;1-6-3-4-7(2)5-6;7-6-4-2-1-3-5-6;;;/h2-5H,1H3,(H-,8,9,10);3-4,6H,1-2H3;2,4-5H;2*1H;/q-1;;;;;+3/p-2. The number of nitrogens with one attached hydrogen (secondary N) is 1. The number of halogens is 3.